The number of thioether (sulfide) groups is 1. The molecule has 26 heavy (non-hydrogen) atoms. The number of ether oxygens (including phenoxy) is 2. The van der Waals surface area contributed by atoms with Gasteiger partial charge in [-0.3, -0.25) is 0 Å². The van der Waals surface area contributed by atoms with Crippen molar-refractivity contribution in [2.24, 2.45) is 0 Å². The van der Waals surface area contributed by atoms with E-state index in [9.17, 15) is 4.79 Å². The molecule has 2 aromatic carbocycles. The fraction of sp³-hybridized carbons (Fsp3) is 0.350. The monoisotopic (exact) mass is 372 g/mol. The molecule has 1 aliphatic heterocycles. The number of carbonyl (C=O) groups excluding carboxylic acids is 1. The second kappa shape index (κ2) is 7.91. The van der Waals surface area contributed by atoms with Crippen LogP contribution in [0.25, 0.3) is 0 Å². The maximum atomic E-state index is 12.9. The predicted octanol–water partition coefficient (Wildman–Crippen LogP) is 4.60. The Bertz CT molecular complexity index is 810. The van der Waals surface area contributed by atoms with E-state index in [4.69, 9.17) is 9.47 Å². The van der Waals surface area contributed by atoms with Crippen molar-refractivity contribution in [3.8, 4) is 11.5 Å². The Hall–Kier alpha value is -2.34. The molecule has 1 saturated heterocycles. The summed E-state index contributed by atoms with van der Waals surface area (Å²) >= 11 is 1.73. The molecular weight excluding hydrogens is 348 g/mol. The van der Waals surface area contributed by atoms with Crippen molar-refractivity contribution in [2.45, 2.75) is 19.2 Å². The van der Waals surface area contributed by atoms with Gasteiger partial charge in [-0.05, 0) is 37.1 Å². The summed E-state index contributed by atoms with van der Waals surface area (Å²) in [6.07, 6.45) is 0. The normalized spacial score (nSPS) is 16.5. The summed E-state index contributed by atoms with van der Waals surface area (Å²) in [4.78, 5) is 14.8. The maximum absolute atomic E-state index is 12.9. The van der Waals surface area contributed by atoms with E-state index < -0.39 is 0 Å². The van der Waals surface area contributed by atoms with Gasteiger partial charge in [-0.25, -0.2) is 4.79 Å². The molecule has 6 heteroatoms. The smallest absolute Gasteiger partial charge is 0.323 e. The van der Waals surface area contributed by atoms with Gasteiger partial charge >= 0.3 is 6.03 Å². The molecule has 1 aliphatic rings. The van der Waals surface area contributed by atoms with Crippen molar-refractivity contribution >= 4 is 23.5 Å². The molecule has 2 amide bonds. The van der Waals surface area contributed by atoms with Crippen molar-refractivity contribution in [3.63, 3.8) is 0 Å². The van der Waals surface area contributed by atoms with E-state index in [1.807, 2.05) is 55.1 Å². The predicted molar refractivity (Wildman–Crippen MR) is 106 cm³/mol. The topological polar surface area (TPSA) is 50.8 Å². The summed E-state index contributed by atoms with van der Waals surface area (Å²) in [6, 6.07) is 11.6. The van der Waals surface area contributed by atoms with E-state index in [1.165, 1.54) is 0 Å². The van der Waals surface area contributed by atoms with Crippen LogP contribution in [0.2, 0.25) is 0 Å². The molecule has 1 atom stereocenters. The quantitative estimate of drug-likeness (QED) is 0.852. The van der Waals surface area contributed by atoms with E-state index in [-0.39, 0.29) is 11.4 Å². The van der Waals surface area contributed by atoms with Gasteiger partial charge in [-0.1, -0.05) is 24.3 Å². The van der Waals surface area contributed by atoms with Crippen LogP contribution in [0.1, 0.15) is 22.1 Å². The van der Waals surface area contributed by atoms with E-state index in [2.05, 4.69) is 5.32 Å². The molecule has 5 nitrogen and oxygen atoms in total. The second-order valence-electron chi connectivity index (χ2n) is 6.18. The average Bonchev–Trinajstić information content (AvgIpc) is 3.14. The first-order valence-electron chi connectivity index (χ1n) is 8.53. The van der Waals surface area contributed by atoms with Gasteiger partial charge in [0.05, 0.1) is 14.2 Å². The lowest BCUT2D eigenvalue weighted by Crippen LogP contribution is -2.34. The summed E-state index contributed by atoms with van der Waals surface area (Å²) in [7, 11) is 3.25. The first-order valence-corrected chi connectivity index (χ1v) is 9.58. The minimum absolute atomic E-state index is 0.0985. The van der Waals surface area contributed by atoms with Crippen LogP contribution in [-0.2, 0) is 0 Å². The Labute approximate surface area is 158 Å². The van der Waals surface area contributed by atoms with Crippen LogP contribution in [0.4, 0.5) is 10.5 Å². The summed E-state index contributed by atoms with van der Waals surface area (Å²) in [6.45, 7) is 4.75. The van der Waals surface area contributed by atoms with Gasteiger partial charge in [0, 0.05) is 23.5 Å². The van der Waals surface area contributed by atoms with Crippen molar-refractivity contribution in [3.05, 3.63) is 53.1 Å². The van der Waals surface area contributed by atoms with Crippen molar-refractivity contribution in [2.75, 3.05) is 31.8 Å². The van der Waals surface area contributed by atoms with Crippen LogP contribution in [0, 0.1) is 13.8 Å². The Balaban J connectivity index is 1.87. The molecule has 1 N–H and O–H groups in total. The van der Waals surface area contributed by atoms with Crippen molar-refractivity contribution < 1.29 is 14.3 Å². The standard InChI is InChI=1S/C20H24N2O3S/c1-13-7-5-9-16(14(13)2)21-20(23)22-11-12-26-19(22)15-8-6-10-17(24-3)18(15)25-4/h5-10,19H,11-12H2,1-4H3,(H,21,23)/t19-/m1/s1. The van der Waals surface area contributed by atoms with Crippen molar-refractivity contribution in [1.82, 2.24) is 4.90 Å². The summed E-state index contributed by atoms with van der Waals surface area (Å²) < 4.78 is 11.0. The zero-order valence-corrected chi connectivity index (χ0v) is 16.4. The van der Waals surface area contributed by atoms with Gasteiger partial charge in [-0.2, -0.15) is 0 Å². The number of benzene rings is 2. The second-order valence-corrected chi connectivity index (χ2v) is 7.37. The number of hydrogen-bond donors (Lipinski definition) is 1. The van der Waals surface area contributed by atoms with Gasteiger partial charge in [0.1, 0.15) is 5.37 Å². The highest BCUT2D eigenvalue weighted by Crippen LogP contribution is 2.45. The lowest BCUT2D eigenvalue weighted by atomic mass is 10.1. The number of nitrogens with zero attached hydrogens (tertiary/aromatic N) is 1. The first-order chi connectivity index (χ1) is 12.6. The minimum atomic E-state index is -0.106. The number of hydrogen-bond acceptors (Lipinski definition) is 4. The Morgan fingerprint density at radius 3 is 2.65 bits per heavy atom. The Morgan fingerprint density at radius 1 is 1.15 bits per heavy atom. The number of rotatable bonds is 4. The van der Waals surface area contributed by atoms with Crippen LogP contribution in [0.3, 0.4) is 0 Å². The van der Waals surface area contributed by atoms with E-state index in [1.54, 1.807) is 26.0 Å². The molecular formula is C20H24N2O3S. The molecule has 0 radical (unpaired) electrons. The average molecular weight is 372 g/mol. The number of methoxy groups -OCH3 is 2. The number of carbonyl (C=O) groups is 1. The zero-order valence-electron chi connectivity index (χ0n) is 15.5. The van der Waals surface area contributed by atoms with Crippen LogP contribution >= 0.6 is 11.8 Å². The molecule has 0 aliphatic carbocycles. The molecule has 2 aromatic rings. The Kier molecular flexibility index (Phi) is 5.61. The maximum Gasteiger partial charge on any atom is 0.323 e. The number of urea groups is 1. The molecule has 3 rings (SSSR count). The largest absolute Gasteiger partial charge is 0.493 e. The van der Waals surface area contributed by atoms with Crippen LogP contribution in [0.5, 0.6) is 11.5 Å². The zero-order chi connectivity index (χ0) is 18.7. The number of anilines is 1. The molecule has 138 valence electrons. The van der Waals surface area contributed by atoms with Gasteiger partial charge in [0.15, 0.2) is 11.5 Å². The van der Waals surface area contributed by atoms with Gasteiger partial charge < -0.3 is 19.7 Å². The molecule has 1 fully saturated rings. The lowest BCUT2D eigenvalue weighted by Gasteiger charge is -2.26. The van der Waals surface area contributed by atoms with Gasteiger partial charge in [-0.15, -0.1) is 11.8 Å². The minimum Gasteiger partial charge on any atom is -0.493 e. The number of para-hydroxylation sites is 1. The molecule has 0 bridgehead atoms. The van der Waals surface area contributed by atoms with Gasteiger partial charge in [0.2, 0.25) is 0 Å². The van der Waals surface area contributed by atoms with E-state index >= 15 is 0 Å². The number of aryl methyl sites for hydroxylation is 1. The lowest BCUT2D eigenvalue weighted by molar-refractivity contribution is 0.213. The Morgan fingerprint density at radius 2 is 1.92 bits per heavy atom. The summed E-state index contributed by atoms with van der Waals surface area (Å²) in [5.74, 6) is 2.23. The van der Waals surface area contributed by atoms with E-state index in [0.717, 1.165) is 28.1 Å². The third-order valence-electron chi connectivity index (χ3n) is 4.70. The number of nitrogens with one attached hydrogen (secondary N) is 1. The fourth-order valence-electron chi connectivity index (χ4n) is 3.12. The number of amides is 2. The summed E-state index contributed by atoms with van der Waals surface area (Å²) in [5, 5.41) is 2.95. The molecule has 1 heterocycles. The van der Waals surface area contributed by atoms with Crippen LogP contribution in [-0.4, -0.2) is 37.4 Å². The molecule has 0 unspecified atom stereocenters. The SMILES string of the molecule is COc1cccc([C@H]2SCCN2C(=O)Nc2cccc(C)c2C)c1OC. The van der Waals surface area contributed by atoms with Gasteiger partial charge in [0.25, 0.3) is 0 Å². The van der Waals surface area contributed by atoms with Crippen LogP contribution in [0.15, 0.2) is 36.4 Å². The van der Waals surface area contributed by atoms with E-state index in [0.29, 0.717) is 18.0 Å². The highest BCUT2D eigenvalue weighted by atomic mass is 32.2. The highest BCUT2D eigenvalue weighted by Gasteiger charge is 2.33. The fourth-order valence-corrected chi connectivity index (χ4v) is 4.39. The third-order valence-corrected chi connectivity index (χ3v) is 5.94. The highest BCUT2D eigenvalue weighted by molar-refractivity contribution is 7.99. The first kappa shape index (κ1) is 18.5. The molecule has 0 saturated carbocycles. The van der Waals surface area contributed by atoms with Crippen LogP contribution < -0.4 is 14.8 Å². The van der Waals surface area contributed by atoms with Crippen molar-refractivity contribution in [1.29, 1.82) is 0 Å². The summed E-state index contributed by atoms with van der Waals surface area (Å²) in [5.41, 5.74) is 4.04. The molecule has 0 spiro atoms. The third kappa shape index (κ3) is 3.46. The molecule has 0 aromatic heterocycles.